The molecule has 0 amide bonds. The summed E-state index contributed by atoms with van der Waals surface area (Å²) in [5.41, 5.74) is 4.68. The molecular weight excluding hydrogens is 446 g/mol. The molecule has 0 radical (unpaired) electrons. The van der Waals surface area contributed by atoms with Crippen molar-refractivity contribution in [1.29, 1.82) is 0 Å². The molecule has 2 aromatic heterocycles. The summed E-state index contributed by atoms with van der Waals surface area (Å²) in [5, 5.41) is 6.26. The Hall–Kier alpha value is -3.24. The number of fused-ring (bicyclic) bond motifs is 1. The standard InChI is InChI=1S/C27H22BrN3/c1-2-25-24-18-23(28)19-29-26(24)31(30-25)27(20-12-6-3-7-13-20,21-14-8-4-9-15-21)22-16-10-5-11-17-22/h3-19H,2H2,1H3. The van der Waals surface area contributed by atoms with E-state index in [0.717, 1.165) is 44.3 Å². The van der Waals surface area contributed by atoms with Crippen molar-refractivity contribution in [3.05, 3.63) is 130 Å². The number of halogens is 1. The Morgan fingerprint density at radius 3 is 1.71 bits per heavy atom. The number of aryl methyl sites for hydroxylation is 1. The van der Waals surface area contributed by atoms with E-state index in [1.165, 1.54) is 0 Å². The average molecular weight is 468 g/mol. The monoisotopic (exact) mass is 467 g/mol. The fraction of sp³-hybridized carbons (Fsp3) is 0.111. The van der Waals surface area contributed by atoms with E-state index in [4.69, 9.17) is 10.1 Å². The van der Waals surface area contributed by atoms with Gasteiger partial charge in [-0.3, -0.25) is 0 Å². The first-order valence-electron chi connectivity index (χ1n) is 10.5. The SMILES string of the molecule is CCc1nn(C(c2ccccc2)(c2ccccc2)c2ccccc2)c2ncc(Br)cc12. The molecule has 0 unspecified atom stereocenters. The van der Waals surface area contributed by atoms with Crippen molar-refractivity contribution in [1.82, 2.24) is 14.8 Å². The molecule has 152 valence electrons. The van der Waals surface area contributed by atoms with Crippen molar-refractivity contribution >= 4 is 27.0 Å². The summed E-state index contributed by atoms with van der Waals surface area (Å²) in [4.78, 5) is 4.85. The van der Waals surface area contributed by atoms with Crippen molar-refractivity contribution < 1.29 is 0 Å². The van der Waals surface area contributed by atoms with Crippen molar-refractivity contribution in [2.75, 3.05) is 0 Å². The molecule has 3 aromatic carbocycles. The Morgan fingerprint density at radius 2 is 1.26 bits per heavy atom. The van der Waals surface area contributed by atoms with E-state index in [1.54, 1.807) is 0 Å². The average Bonchev–Trinajstić information content (AvgIpc) is 3.20. The lowest BCUT2D eigenvalue weighted by atomic mass is 9.77. The number of hydrogen-bond acceptors (Lipinski definition) is 2. The van der Waals surface area contributed by atoms with Crippen LogP contribution in [0.1, 0.15) is 29.3 Å². The van der Waals surface area contributed by atoms with Gasteiger partial charge >= 0.3 is 0 Å². The van der Waals surface area contributed by atoms with E-state index in [1.807, 2.05) is 6.20 Å². The van der Waals surface area contributed by atoms with Crippen LogP contribution in [0.5, 0.6) is 0 Å². The summed E-state index contributed by atoms with van der Waals surface area (Å²) >= 11 is 3.59. The minimum atomic E-state index is -0.656. The maximum atomic E-state index is 5.18. The molecule has 0 saturated carbocycles. The third-order valence-corrected chi connectivity index (χ3v) is 6.23. The van der Waals surface area contributed by atoms with Gasteiger partial charge < -0.3 is 0 Å². The summed E-state index contributed by atoms with van der Waals surface area (Å²) in [6.45, 7) is 2.14. The molecule has 0 aliphatic rings. The van der Waals surface area contributed by atoms with Gasteiger partial charge in [0.15, 0.2) is 5.65 Å². The van der Waals surface area contributed by atoms with Crippen LogP contribution < -0.4 is 0 Å². The fourth-order valence-electron chi connectivity index (χ4n) is 4.44. The fourth-order valence-corrected chi connectivity index (χ4v) is 4.77. The molecule has 0 bridgehead atoms. The molecule has 0 aliphatic carbocycles. The first kappa shape index (κ1) is 19.7. The molecule has 31 heavy (non-hydrogen) atoms. The highest BCUT2D eigenvalue weighted by Crippen LogP contribution is 2.42. The molecule has 4 heteroatoms. The van der Waals surface area contributed by atoms with Gasteiger partial charge in [0.05, 0.1) is 5.69 Å². The largest absolute Gasteiger partial charge is 0.236 e. The number of nitrogens with zero attached hydrogens (tertiary/aromatic N) is 3. The smallest absolute Gasteiger partial charge is 0.159 e. The molecule has 0 saturated heterocycles. The Morgan fingerprint density at radius 1 is 0.774 bits per heavy atom. The van der Waals surface area contributed by atoms with E-state index in [9.17, 15) is 0 Å². The maximum absolute atomic E-state index is 5.18. The Balaban J connectivity index is 1.98. The first-order valence-corrected chi connectivity index (χ1v) is 11.2. The normalized spacial score (nSPS) is 11.7. The molecule has 3 nitrogen and oxygen atoms in total. The predicted molar refractivity (Wildman–Crippen MR) is 129 cm³/mol. The van der Waals surface area contributed by atoms with E-state index in [0.29, 0.717) is 0 Å². The summed E-state index contributed by atoms with van der Waals surface area (Å²) in [6, 6.07) is 33.9. The van der Waals surface area contributed by atoms with Crippen LogP contribution >= 0.6 is 15.9 Å². The molecule has 5 aromatic rings. The lowest BCUT2D eigenvalue weighted by molar-refractivity contribution is 0.468. The van der Waals surface area contributed by atoms with E-state index in [2.05, 4.69) is 125 Å². The summed E-state index contributed by atoms with van der Waals surface area (Å²) in [6.07, 6.45) is 2.68. The van der Waals surface area contributed by atoms with Crippen molar-refractivity contribution in [3.8, 4) is 0 Å². The molecule has 0 fully saturated rings. The van der Waals surface area contributed by atoms with E-state index >= 15 is 0 Å². The highest BCUT2D eigenvalue weighted by atomic mass is 79.9. The van der Waals surface area contributed by atoms with E-state index < -0.39 is 5.54 Å². The second kappa shape index (κ2) is 8.12. The van der Waals surface area contributed by atoms with Gasteiger partial charge in [0.2, 0.25) is 0 Å². The zero-order valence-corrected chi connectivity index (χ0v) is 18.8. The zero-order chi connectivity index (χ0) is 21.3. The van der Waals surface area contributed by atoms with Crippen LogP contribution in [0.4, 0.5) is 0 Å². The molecule has 0 N–H and O–H groups in total. The van der Waals surface area contributed by atoms with Gasteiger partial charge in [0.1, 0.15) is 5.54 Å². The predicted octanol–water partition coefficient (Wildman–Crippen LogP) is 6.60. The Kier molecular flexibility index (Phi) is 5.16. The minimum absolute atomic E-state index is 0.656. The lowest BCUT2D eigenvalue weighted by Gasteiger charge is -2.36. The van der Waals surface area contributed by atoms with Crippen molar-refractivity contribution in [2.45, 2.75) is 18.9 Å². The molecule has 0 aliphatic heterocycles. The third kappa shape index (κ3) is 3.19. The van der Waals surface area contributed by atoms with Gasteiger partial charge in [0, 0.05) is 16.1 Å². The molecule has 0 atom stereocenters. The molecule has 2 heterocycles. The number of benzene rings is 3. The lowest BCUT2D eigenvalue weighted by Crippen LogP contribution is -2.38. The van der Waals surface area contributed by atoms with Gasteiger partial charge in [-0.1, -0.05) is 97.9 Å². The number of pyridine rings is 1. The van der Waals surface area contributed by atoms with Crippen LogP contribution in [-0.2, 0) is 12.0 Å². The highest BCUT2D eigenvalue weighted by Gasteiger charge is 2.41. The molecule has 5 rings (SSSR count). The summed E-state index contributed by atoms with van der Waals surface area (Å²) < 4.78 is 3.08. The van der Waals surface area contributed by atoms with Crippen molar-refractivity contribution in [3.63, 3.8) is 0 Å². The molecule has 0 spiro atoms. The van der Waals surface area contributed by atoms with Crippen LogP contribution in [0.3, 0.4) is 0 Å². The van der Waals surface area contributed by atoms with Gasteiger partial charge in [-0.2, -0.15) is 5.10 Å². The number of hydrogen-bond donors (Lipinski definition) is 0. The quantitative estimate of drug-likeness (QED) is 0.272. The number of aromatic nitrogens is 3. The van der Waals surface area contributed by atoms with Gasteiger partial charge in [-0.05, 0) is 45.1 Å². The maximum Gasteiger partial charge on any atom is 0.159 e. The second-order valence-corrected chi connectivity index (χ2v) is 8.46. The van der Waals surface area contributed by atoms with Crippen molar-refractivity contribution in [2.24, 2.45) is 0 Å². The summed E-state index contributed by atoms with van der Waals surface area (Å²) in [7, 11) is 0. The van der Waals surface area contributed by atoms with Crippen LogP contribution in [0.25, 0.3) is 11.0 Å². The van der Waals surface area contributed by atoms with Crippen LogP contribution in [0, 0.1) is 0 Å². The third-order valence-electron chi connectivity index (χ3n) is 5.79. The van der Waals surface area contributed by atoms with Crippen LogP contribution in [0.2, 0.25) is 0 Å². The van der Waals surface area contributed by atoms with E-state index in [-0.39, 0.29) is 0 Å². The van der Waals surface area contributed by atoms with Crippen LogP contribution in [0.15, 0.2) is 108 Å². The van der Waals surface area contributed by atoms with Gasteiger partial charge in [-0.25, -0.2) is 9.67 Å². The minimum Gasteiger partial charge on any atom is -0.236 e. The van der Waals surface area contributed by atoms with Gasteiger partial charge in [-0.15, -0.1) is 0 Å². The molecular formula is C27H22BrN3. The highest BCUT2D eigenvalue weighted by molar-refractivity contribution is 9.10. The van der Waals surface area contributed by atoms with Crippen LogP contribution in [-0.4, -0.2) is 14.8 Å². The Bertz CT molecular complexity index is 1220. The van der Waals surface area contributed by atoms with Gasteiger partial charge in [0.25, 0.3) is 0 Å². The summed E-state index contributed by atoms with van der Waals surface area (Å²) in [5.74, 6) is 0. The Labute approximate surface area is 190 Å². The zero-order valence-electron chi connectivity index (χ0n) is 17.2. The topological polar surface area (TPSA) is 30.7 Å². The number of rotatable bonds is 5. The first-order chi connectivity index (χ1) is 15.2. The second-order valence-electron chi connectivity index (χ2n) is 7.55.